The van der Waals surface area contributed by atoms with E-state index in [4.69, 9.17) is 0 Å². The lowest BCUT2D eigenvalue weighted by molar-refractivity contribution is 0.374. The van der Waals surface area contributed by atoms with Crippen LogP contribution >= 0.6 is 0 Å². The average Bonchev–Trinajstić information content (AvgIpc) is 2.72. The Hall–Kier alpha value is -0.860. The highest BCUT2D eigenvalue weighted by Crippen LogP contribution is 2.23. The van der Waals surface area contributed by atoms with Crippen LogP contribution in [-0.4, -0.2) is 18.2 Å². The smallest absolute Gasteiger partial charge is 0.0618 e. The summed E-state index contributed by atoms with van der Waals surface area (Å²) in [6, 6.07) is 12.2. The van der Waals surface area contributed by atoms with Gasteiger partial charge in [0.1, 0.15) is 0 Å². The van der Waals surface area contributed by atoms with Crippen LogP contribution in [0.3, 0.4) is 0 Å². The SMILES string of the molecule is c1ccc(CC2NC3CCCCC3N2)cc1. The lowest BCUT2D eigenvalue weighted by Gasteiger charge is -2.23. The molecule has 16 heavy (non-hydrogen) atoms. The van der Waals surface area contributed by atoms with E-state index in [0.29, 0.717) is 6.17 Å². The number of hydrogen-bond donors (Lipinski definition) is 2. The van der Waals surface area contributed by atoms with Gasteiger partial charge in [-0.1, -0.05) is 43.2 Å². The van der Waals surface area contributed by atoms with Gasteiger partial charge in [-0.25, -0.2) is 0 Å². The Morgan fingerprint density at radius 2 is 1.56 bits per heavy atom. The van der Waals surface area contributed by atoms with Crippen LogP contribution < -0.4 is 10.6 Å². The zero-order valence-corrected chi connectivity index (χ0v) is 9.65. The van der Waals surface area contributed by atoms with Crippen molar-refractivity contribution in [2.24, 2.45) is 0 Å². The first kappa shape index (κ1) is 10.3. The summed E-state index contributed by atoms with van der Waals surface area (Å²) in [7, 11) is 0. The highest BCUT2D eigenvalue weighted by atomic mass is 15.2. The van der Waals surface area contributed by atoms with Crippen LogP contribution in [0.25, 0.3) is 0 Å². The molecule has 0 amide bonds. The molecule has 3 rings (SSSR count). The minimum atomic E-state index is 0.482. The maximum atomic E-state index is 3.73. The van der Waals surface area contributed by atoms with Crippen molar-refractivity contribution in [2.45, 2.75) is 50.4 Å². The van der Waals surface area contributed by atoms with Crippen molar-refractivity contribution in [3.63, 3.8) is 0 Å². The summed E-state index contributed by atoms with van der Waals surface area (Å²) < 4.78 is 0. The quantitative estimate of drug-likeness (QED) is 0.790. The third-order valence-corrected chi connectivity index (χ3v) is 3.88. The van der Waals surface area contributed by atoms with Crippen molar-refractivity contribution >= 4 is 0 Å². The molecule has 0 bridgehead atoms. The van der Waals surface area contributed by atoms with Gasteiger partial charge in [0.25, 0.3) is 0 Å². The van der Waals surface area contributed by atoms with Crippen LogP contribution in [0.1, 0.15) is 31.2 Å². The summed E-state index contributed by atoms with van der Waals surface area (Å²) in [5, 5.41) is 7.46. The first-order chi connectivity index (χ1) is 7.92. The second kappa shape index (κ2) is 4.56. The van der Waals surface area contributed by atoms with Crippen LogP contribution in [0.2, 0.25) is 0 Å². The molecule has 2 fully saturated rings. The maximum Gasteiger partial charge on any atom is 0.0618 e. The van der Waals surface area contributed by atoms with E-state index in [-0.39, 0.29) is 0 Å². The molecule has 2 heteroatoms. The predicted octanol–water partition coefficient (Wildman–Crippen LogP) is 2.06. The molecule has 1 aliphatic carbocycles. The zero-order valence-electron chi connectivity index (χ0n) is 9.65. The third kappa shape index (κ3) is 2.13. The van der Waals surface area contributed by atoms with E-state index < -0.39 is 0 Å². The summed E-state index contributed by atoms with van der Waals surface area (Å²) >= 11 is 0. The molecule has 1 saturated heterocycles. The monoisotopic (exact) mass is 216 g/mol. The third-order valence-electron chi connectivity index (χ3n) is 3.88. The molecule has 2 unspecified atom stereocenters. The van der Waals surface area contributed by atoms with E-state index in [1.807, 2.05) is 0 Å². The Kier molecular flexibility index (Phi) is 2.94. The highest BCUT2D eigenvalue weighted by molar-refractivity contribution is 5.16. The van der Waals surface area contributed by atoms with Gasteiger partial charge in [-0.2, -0.15) is 0 Å². The molecule has 1 aliphatic heterocycles. The molecule has 2 N–H and O–H groups in total. The fraction of sp³-hybridized carbons (Fsp3) is 0.571. The normalized spacial score (nSPS) is 33.6. The molecule has 0 spiro atoms. The summed E-state index contributed by atoms with van der Waals surface area (Å²) in [5.74, 6) is 0. The number of nitrogens with one attached hydrogen (secondary N) is 2. The molecule has 2 atom stereocenters. The predicted molar refractivity (Wildman–Crippen MR) is 66.2 cm³/mol. The fourth-order valence-corrected chi connectivity index (χ4v) is 3.06. The van der Waals surface area contributed by atoms with Gasteiger partial charge in [-0.05, 0) is 18.4 Å². The summed E-state index contributed by atoms with van der Waals surface area (Å²) in [6.45, 7) is 0. The minimum absolute atomic E-state index is 0.482. The van der Waals surface area contributed by atoms with Crippen LogP contribution in [0.4, 0.5) is 0 Å². The van der Waals surface area contributed by atoms with Crippen molar-refractivity contribution in [1.29, 1.82) is 0 Å². The van der Waals surface area contributed by atoms with E-state index >= 15 is 0 Å². The lowest BCUT2D eigenvalue weighted by Crippen LogP contribution is -2.36. The first-order valence-electron chi connectivity index (χ1n) is 6.48. The van der Waals surface area contributed by atoms with Crippen molar-refractivity contribution in [3.05, 3.63) is 35.9 Å². The molecule has 0 radical (unpaired) electrons. The lowest BCUT2D eigenvalue weighted by atomic mass is 9.92. The van der Waals surface area contributed by atoms with Gasteiger partial charge in [0, 0.05) is 18.5 Å². The maximum absolute atomic E-state index is 3.73. The Balaban J connectivity index is 1.61. The molecule has 86 valence electrons. The van der Waals surface area contributed by atoms with Crippen LogP contribution in [0, 0.1) is 0 Å². The molecule has 2 aliphatic rings. The number of hydrogen-bond acceptors (Lipinski definition) is 2. The number of rotatable bonds is 2. The summed E-state index contributed by atoms with van der Waals surface area (Å²) in [5.41, 5.74) is 1.42. The number of benzene rings is 1. The van der Waals surface area contributed by atoms with Gasteiger partial charge in [0.2, 0.25) is 0 Å². The summed E-state index contributed by atoms with van der Waals surface area (Å²) in [4.78, 5) is 0. The van der Waals surface area contributed by atoms with Crippen LogP contribution in [0.5, 0.6) is 0 Å². The summed E-state index contributed by atoms with van der Waals surface area (Å²) in [6.07, 6.45) is 7.08. The second-order valence-corrected chi connectivity index (χ2v) is 5.07. The van der Waals surface area contributed by atoms with Crippen molar-refractivity contribution in [3.8, 4) is 0 Å². The van der Waals surface area contributed by atoms with E-state index in [1.165, 1.54) is 31.2 Å². The fourth-order valence-electron chi connectivity index (χ4n) is 3.06. The van der Waals surface area contributed by atoms with Crippen molar-refractivity contribution in [2.75, 3.05) is 0 Å². The Bertz CT molecular complexity index is 322. The van der Waals surface area contributed by atoms with E-state index in [9.17, 15) is 0 Å². The molecular weight excluding hydrogens is 196 g/mol. The van der Waals surface area contributed by atoms with Crippen molar-refractivity contribution < 1.29 is 0 Å². The van der Waals surface area contributed by atoms with Gasteiger partial charge in [-0.15, -0.1) is 0 Å². The van der Waals surface area contributed by atoms with Gasteiger partial charge < -0.3 is 0 Å². The van der Waals surface area contributed by atoms with Gasteiger partial charge in [-0.3, -0.25) is 10.6 Å². The van der Waals surface area contributed by atoms with Gasteiger partial charge >= 0.3 is 0 Å². The Labute approximate surface area is 97.4 Å². The average molecular weight is 216 g/mol. The molecule has 1 saturated carbocycles. The van der Waals surface area contributed by atoms with E-state index in [2.05, 4.69) is 41.0 Å². The molecule has 1 aromatic carbocycles. The largest absolute Gasteiger partial charge is 0.297 e. The number of fused-ring (bicyclic) bond motifs is 1. The second-order valence-electron chi connectivity index (χ2n) is 5.07. The molecule has 1 heterocycles. The molecular formula is C14H20N2. The standard InChI is InChI=1S/C14H20N2/c1-2-6-11(7-3-1)10-14-15-12-8-4-5-9-13(12)16-14/h1-3,6-7,12-16H,4-5,8-10H2. The Morgan fingerprint density at radius 3 is 2.19 bits per heavy atom. The topological polar surface area (TPSA) is 24.1 Å². The van der Waals surface area contributed by atoms with Gasteiger partial charge in [0.05, 0.1) is 6.17 Å². The van der Waals surface area contributed by atoms with E-state index in [1.54, 1.807) is 0 Å². The van der Waals surface area contributed by atoms with Crippen molar-refractivity contribution in [1.82, 2.24) is 10.6 Å². The van der Waals surface area contributed by atoms with E-state index in [0.717, 1.165) is 18.5 Å². The minimum Gasteiger partial charge on any atom is -0.297 e. The van der Waals surface area contributed by atoms with Crippen LogP contribution in [0.15, 0.2) is 30.3 Å². The van der Waals surface area contributed by atoms with Gasteiger partial charge in [0.15, 0.2) is 0 Å². The Morgan fingerprint density at radius 1 is 0.938 bits per heavy atom. The first-order valence-corrected chi connectivity index (χ1v) is 6.48. The highest BCUT2D eigenvalue weighted by Gasteiger charge is 2.33. The molecule has 0 aromatic heterocycles. The molecule has 1 aromatic rings. The molecule has 2 nitrogen and oxygen atoms in total. The van der Waals surface area contributed by atoms with Crippen LogP contribution in [-0.2, 0) is 6.42 Å². The zero-order chi connectivity index (χ0) is 10.8.